The molecule has 112 valence electrons. The minimum absolute atomic E-state index is 0.0396. The number of anilines is 1. The van der Waals surface area contributed by atoms with Gasteiger partial charge in [0.15, 0.2) is 0 Å². The number of thiophene rings is 1. The zero-order valence-electron chi connectivity index (χ0n) is 11.0. The van der Waals surface area contributed by atoms with Crippen LogP contribution in [0.1, 0.15) is 34.9 Å². The van der Waals surface area contributed by atoms with Crippen molar-refractivity contribution >= 4 is 33.0 Å². The van der Waals surface area contributed by atoms with Gasteiger partial charge in [-0.2, -0.15) is 13.2 Å². The summed E-state index contributed by atoms with van der Waals surface area (Å²) in [5.74, 6) is 0. The molecular formula is C15H13BrF3NS. The summed E-state index contributed by atoms with van der Waals surface area (Å²) in [7, 11) is 0. The summed E-state index contributed by atoms with van der Waals surface area (Å²) in [5.41, 5.74) is 0.663. The quantitative estimate of drug-likeness (QED) is 0.676. The van der Waals surface area contributed by atoms with Crippen molar-refractivity contribution in [1.29, 1.82) is 0 Å². The summed E-state index contributed by atoms with van der Waals surface area (Å²) >= 11 is 4.79. The van der Waals surface area contributed by atoms with Gasteiger partial charge in [0.05, 0.1) is 11.6 Å². The number of benzene rings is 1. The van der Waals surface area contributed by atoms with E-state index < -0.39 is 11.7 Å². The molecular weight excluding hydrogens is 363 g/mol. The summed E-state index contributed by atoms with van der Waals surface area (Å²) in [4.78, 5) is 1.28. The van der Waals surface area contributed by atoms with Gasteiger partial charge in [0.1, 0.15) is 0 Å². The number of halogens is 4. The van der Waals surface area contributed by atoms with E-state index in [1.54, 1.807) is 17.4 Å². The van der Waals surface area contributed by atoms with E-state index in [1.165, 1.54) is 10.9 Å². The Balaban J connectivity index is 1.93. The molecule has 3 rings (SSSR count). The van der Waals surface area contributed by atoms with Crippen molar-refractivity contribution in [3.63, 3.8) is 0 Å². The van der Waals surface area contributed by atoms with Gasteiger partial charge in [-0.05, 0) is 54.5 Å². The van der Waals surface area contributed by atoms with E-state index >= 15 is 0 Å². The molecule has 0 radical (unpaired) electrons. The molecule has 0 bridgehead atoms. The van der Waals surface area contributed by atoms with Gasteiger partial charge >= 0.3 is 6.18 Å². The Morgan fingerprint density at radius 3 is 2.81 bits per heavy atom. The molecule has 1 heterocycles. The molecule has 0 saturated heterocycles. The van der Waals surface area contributed by atoms with Gasteiger partial charge in [0.25, 0.3) is 0 Å². The lowest BCUT2D eigenvalue weighted by Gasteiger charge is -2.26. The van der Waals surface area contributed by atoms with E-state index in [-0.39, 0.29) is 11.7 Å². The number of hydrogen-bond donors (Lipinski definition) is 1. The Labute approximate surface area is 133 Å². The lowest BCUT2D eigenvalue weighted by molar-refractivity contribution is -0.137. The van der Waals surface area contributed by atoms with Crippen LogP contribution in [0, 0.1) is 0 Å². The van der Waals surface area contributed by atoms with E-state index in [9.17, 15) is 13.2 Å². The SMILES string of the molecule is FC(F)(F)c1cc(Br)ccc1NC1CCCc2sccc21. The van der Waals surface area contributed by atoms with Gasteiger partial charge in [-0.25, -0.2) is 0 Å². The number of hydrogen-bond acceptors (Lipinski definition) is 2. The fourth-order valence-corrected chi connectivity index (χ4v) is 4.05. The highest BCUT2D eigenvalue weighted by Crippen LogP contribution is 2.40. The summed E-state index contributed by atoms with van der Waals surface area (Å²) in [6, 6.07) is 6.23. The highest BCUT2D eigenvalue weighted by Gasteiger charge is 2.34. The normalized spacial score (nSPS) is 18.4. The van der Waals surface area contributed by atoms with E-state index in [2.05, 4.69) is 21.2 Å². The standard InChI is InChI=1S/C15H13BrF3NS/c16-9-4-5-13(11(8-9)15(17,18)19)20-12-2-1-3-14-10(12)6-7-21-14/h4-8,12,20H,1-3H2. The number of aryl methyl sites for hydroxylation is 1. The third-order valence-electron chi connectivity index (χ3n) is 3.67. The van der Waals surface area contributed by atoms with Gasteiger partial charge in [-0.1, -0.05) is 15.9 Å². The third-order valence-corrected chi connectivity index (χ3v) is 5.16. The van der Waals surface area contributed by atoms with Crippen LogP contribution in [0.2, 0.25) is 0 Å². The average molecular weight is 376 g/mol. The number of rotatable bonds is 2. The van der Waals surface area contributed by atoms with Crippen molar-refractivity contribution in [3.8, 4) is 0 Å². The first-order chi connectivity index (χ1) is 9.95. The minimum Gasteiger partial charge on any atom is -0.378 e. The molecule has 1 aromatic heterocycles. The highest BCUT2D eigenvalue weighted by atomic mass is 79.9. The molecule has 1 unspecified atom stereocenters. The third kappa shape index (κ3) is 3.11. The molecule has 1 N–H and O–H groups in total. The smallest absolute Gasteiger partial charge is 0.378 e. The fraction of sp³-hybridized carbons (Fsp3) is 0.333. The Morgan fingerprint density at radius 2 is 2.05 bits per heavy atom. The van der Waals surface area contributed by atoms with Crippen LogP contribution in [-0.2, 0) is 12.6 Å². The van der Waals surface area contributed by atoms with Crippen LogP contribution >= 0.6 is 27.3 Å². The van der Waals surface area contributed by atoms with Crippen LogP contribution in [0.25, 0.3) is 0 Å². The Morgan fingerprint density at radius 1 is 1.24 bits per heavy atom. The summed E-state index contributed by atoms with van der Waals surface area (Å²) in [5, 5.41) is 5.10. The first-order valence-corrected chi connectivity index (χ1v) is 8.32. The van der Waals surface area contributed by atoms with Crippen LogP contribution in [0.4, 0.5) is 18.9 Å². The van der Waals surface area contributed by atoms with Crippen molar-refractivity contribution in [1.82, 2.24) is 0 Å². The van der Waals surface area contributed by atoms with Crippen LogP contribution in [0.15, 0.2) is 34.1 Å². The molecule has 1 aromatic carbocycles. The number of fused-ring (bicyclic) bond motifs is 1. The van der Waals surface area contributed by atoms with Crippen LogP contribution in [0.3, 0.4) is 0 Å². The van der Waals surface area contributed by atoms with E-state index in [0.29, 0.717) is 4.47 Å². The second-order valence-corrected chi connectivity index (χ2v) is 6.99. The van der Waals surface area contributed by atoms with E-state index in [1.807, 2.05) is 11.4 Å². The first kappa shape index (κ1) is 14.9. The van der Waals surface area contributed by atoms with Crippen molar-refractivity contribution in [2.75, 3.05) is 5.32 Å². The molecule has 6 heteroatoms. The van der Waals surface area contributed by atoms with Gasteiger partial charge < -0.3 is 5.32 Å². The zero-order chi connectivity index (χ0) is 15.0. The largest absolute Gasteiger partial charge is 0.418 e. The zero-order valence-corrected chi connectivity index (χ0v) is 13.4. The lowest BCUT2D eigenvalue weighted by Crippen LogP contribution is -2.18. The highest BCUT2D eigenvalue weighted by molar-refractivity contribution is 9.10. The molecule has 21 heavy (non-hydrogen) atoms. The molecule has 1 nitrogen and oxygen atoms in total. The Bertz CT molecular complexity index is 651. The average Bonchev–Trinajstić information content (AvgIpc) is 2.89. The predicted octanol–water partition coefficient (Wildman–Crippen LogP) is 6.02. The van der Waals surface area contributed by atoms with Gasteiger partial charge in [0.2, 0.25) is 0 Å². The maximum Gasteiger partial charge on any atom is 0.418 e. The molecule has 2 aromatic rings. The monoisotopic (exact) mass is 375 g/mol. The molecule has 1 aliphatic rings. The van der Waals surface area contributed by atoms with Crippen LogP contribution in [0.5, 0.6) is 0 Å². The van der Waals surface area contributed by atoms with Crippen molar-refractivity contribution in [3.05, 3.63) is 50.1 Å². The van der Waals surface area contributed by atoms with Crippen molar-refractivity contribution in [2.45, 2.75) is 31.5 Å². The predicted molar refractivity (Wildman–Crippen MR) is 82.8 cm³/mol. The van der Waals surface area contributed by atoms with Gasteiger partial charge in [-0.15, -0.1) is 11.3 Å². The van der Waals surface area contributed by atoms with E-state index in [0.717, 1.165) is 30.9 Å². The molecule has 0 spiro atoms. The van der Waals surface area contributed by atoms with Crippen molar-refractivity contribution < 1.29 is 13.2 Å². The molecule has 0 aliphatic heterocycles. The second-order valence-electron chi connectivity index (χ2n) is 5.08. The molecule has 0 fully saturated rings. The first-order valence-electron chi connectivity index (χ1n) is 6.64. The lowest BCUT2D eigenvalue weighted by atomic mass is 9.93. The second kappa shape index (κ2) is 5.65. The summed E-state index contributed by atoms with van der Waals surface area (Å²) in [6.07, 6.45) is -1.48. The van der Waals surface area contributed by atoms with Gasteiger partial charge in [-0.3, -0.25) is 0 Å². The summed E-state index contributed by atoms with van der Waals surface area (Å²) in [6.45, 7) is 0. The maximum atomic E-state index is 13.2. The van der Waals surface area contributed by atoms with E-state index in [4.69, 9.17) is 0 Å². The topological polar surface area (TPSA) is 12.0 Å². The molecule has 0 saturated carbocycles. The minimum atomic E-state index is -4.36. The number of nitrogens with one attached hydrogen (secondary N) is 1. The Kier molecular flexibility index (Phi) is 4.01. The summed E-state index contributed by atoms with van der Waals surface area (Å²) < 4.78 is 39.9. The number of alkyl halides is 3. The maximum absolute atomic E-state index is 13.2. The Hall–Kier alpha value is -1.01. The van der Waals surface area contributed by atoms with Gasteiger partial charge in [0, 0.05) is 15.0 Å². The van der Waals surface area contributed by atoms with Crippen molar-refractivity contribution in [2.24, 2.45) is 0 Å². The molecule has 1 aliphatic carbocycles. The molecule has 1 atom stereocenters. The fourth-order valence-electron chi connectivity index (χ4n) is 2.70. The van der Waals surface area contributed by atoms with Crippen LogP contribution in [-0.4, -0.2) is 0 Å². The molecule has 0 amide bonds. The van der Waals surface area contributed by atoms with Crippen LogP contribution < -0.4 is 5.32 Å².